The number of aliphatic hydroxyl groups is 3. The van der Waals surface area contributed by atoms with E-state index in [1.54, 1.807) is 62.4 Å². The van der Waals surface area contributed by atoms with Crippen LogP contribution in [-0.4, -0.2) is 105 Å². The van der Waals surface area contributed by atoms with E-state index in [0.29, 0.717) is 5.56 Å². The Morgan fingerprint density at radius 1 is 0.917 bits per heavy atom. The van der Waals surface area contributed by atoms with Crippen molar-refractivity contribution in [1.29, 1.82) is 0 Å². The van der Waals surface area contributed by atoms with Gasteiger partial charge in [-0.1, -0.05) is 76.2 Å². The predicted molar refractivity (Wildman–Crippen MR) is 211 cm³/mol. The molecule has 2 bridgehead atoms. The van der Waals surface area contributed by atoms with Crippen LogP contribution in [0.2, 0.25) is 0 Å². The van der Waals surface area contributed by atoms with Gasteiger partial charge in [0.15, 0.2) is 23.6 Å². The number of ketones is 1. The Labute approximate surface area is 348 Å². The van der Waals surface area contributed by atoms with Crippen molar-refractivity contribution in [3.63, 3.8) is 0 Å². The molecule has 1 heterocycles. The van der Waals surface area contributed by atoms with Crippen molar-refractivity contribution < 1.29 is 67.8 Å². The Kier molecular flexibility index (Phi) is 12.2. The molecule has 0 spiro atoms. The Morgan fingerprint density at radius 2 is 1.53 bits per heavy atom. The van der Waals surface area contributed by atoms with Gasteiger partial charge in [0, 0.05) is 38.5 Å². The van der Waals surface area contributed by atoms with Crippen molar-refractivity contribution in [1.82, 2.24) is 5.32 Å². The number of benzene rings is 2. The van der Waals surface area contributed by atoms with Crippen LogP contribution in [0.1, 0.15) is 96.6 Å². The van der Waals surface area contributed by atoms with E-state index in [4.69, 9.17) is 23.7 Å². The summed E-state index contributed by atoms with van der Waals surface area (Å²) in [5.41, 5.74) is -7.15. The molecule has 4 aliphatic rings. The molecule has 2 aromatic carbocycles. The zero-order chi connectivity index (χ0) is 44.1. The lowest BCUT2D eigenvalue weighted by Crippen LogP contribution is -2.82. The molecule has 15 heteroatoms. The van der Waals surface area contributed by atoms with Gasteiger partial charge < -0.3 is 44.3 Å². The molecule has 3 aliphatic carbocycles. The molecule has 2 saturated carbocycles. The standard InChI is InChI=1S/C45H55NO14/c1-23(2)19-32(50)46-34(27-15-11-9-12-16-27)35(51)41(54)58-29-21-45(55)39(59-40(53)28-17-13-10-14-18-28)37-43(8,30(49)20-31-44(37,22-56-31)60-26(5)48)38(52)36(57-25(4)47)33(24(29)3)42(45,6)7/h9-18,23,29-31,34-37,39,49,51,55H,19-22H2,1-8H3,(H,46,50)/t29-,30-,31?,34+,35+,36+,37-,39-,43+,44-,45+/m0/s1. The van der Waals surface area contributed by atoms with E-state index in [-0.39, 0.29) is 42.1 Å². The van der Waals surface area contributed by atoms with Gasteiger partial charge in [0.1, 0.15) is 23.9 Å². The maximum Gasteiger partial charge on any atom is 0.338 e. The molecule has 1 unspecified atom stereocenters. The molecule has 0 radical (unpaired) electrons. The highest BCUT2D eigenvalue weighted by molar-refractivity contribution is 5.95. The maximum absolute atomic E-state index is 15.4. The average molecular weight is 834 g/mol. The van der Waals surface area contributed by atoms with Gasteiger partial charge in [0.2, 0.25) is 5.91 Å². The van der Waals surface area contributed by atoms with Gasteiger partial charge in [0.25, 0.3) is 0 Å². The number of fused-ring (bicyclic) bond motifs is 5. The quantitative estimate of drug-likeness (QED) is 0.145. The molecule has 1 saturated heterocycles. The smallest absolute Gasteiger partial charge is 0.338 e. The van der Waals surface area contributed by atoms with E-state index in [2.05, 4.69) is 5.32 Å². The SMILES string of the molecule is CC(=O)O[C@H]1C(=O)[C@]2(C)[C@@H](O)CC3OC[C@@]3(OC(C)=O)[C@H]2[C@H](OC(=O)c2ccccc2)[C@]2(O)C[C@H](OC(=O)[C@H](O)[C@H](NC(=O)CC(C)C)c3ccccc3)C(C)=C1C2(C)C. The largest absolute Gasteiger partial charge is 0.456 e. The highest BCUT2D eigenvalue weighted by atomic mass is 16.6. The van der Waals surface area contributed by atoms with Gasteiger partial charge in [-0.15, -0.1) is 0 Å². The molecule has 1 aliphatic heterocycles. The number of hydrogen-bond acceptors (Lipinski definition) is 14. The van der Waals surface area contributed by atoms with Crippen LogP contribution in [0.4, 0.5) is 0 Å². The first-order valence-electron chi connectivity index (χ1n) is 20.2. The number of carbonyl (C=O) groups excluding carboxylic acids is 6. The van der Waals surface area contributed by atoms with Crippen LogP contribution in [0.5, 0.6) is 0 Å². The Balaban J connectivity index is 1.54. The number of amides is 1. The lowest BCUT2D eigenvalue weighted by atomic mass is 9.44. The molecule has 60 heavy (non-hydrogen) atoms. The van der Waals surface area contributed by atoms with Crippen LogP contribution in [-0.2, 0) is 47.7 Å². The number of esters is 4. The zero-order valence-electron chi connectivity index (χ0n) is 35.1. The van der Waals surface area contributed by atoms with E-state index >= 15 is 4.79 Å². The molecule has 324 valence electrons. The van der Waals surface area contributed by atoms with Gasteiger partial charge in [-0.3, -0.25) is 19.2 Å². The number of nitrogens with one attached hydrogen (secondary N) is 1. The van der Waals surface area contributed by atoms with Gasteiger partial charge in [0.05, 0.1) is 35.6 Å². The van der Waals surface area contributed by atoms with Gasteiger partial charge in [-0.05, 0) is 48.6 Å². The molecule has 2 aromatic rings. The summed E-state index contributed by atoms with van der Waals surface area (Å²) >= 11 is 0. The van der Waals surface area contributed by atoms with E-state index in [9.17, 15) is 39.3 Å². The van der Waals surface area contributed by atoms with Crippen LogP contribution in [0.15, 0.2) is 71.8 Å². The van der Waals surface area contributed by atoms with E-state index < -0.39 is 113 Å². The minimum Gasteiger partial charge on any atom is -0.456 e. The van der Waals surface area contributed by atoms with Crippen molar-refractivity contribution in [3.8, 4) is 0 Å². The third-order valence-electron chi connectivity index (χ3n) is 13.1. The summed E-state index contributed by atoms with van der Waals surface area (Å²) in [4.78, 5) is 82.8. The summed E-state index contributed by atoms with van der Waals surface area (Å²) in [6, 6.07) is 14.9. The predicted octanol–water partition coefficient (Wildman–Crippen LogP) is 3.47. The normalized spacial score (nSPS) is 32.7. The molecule has 6 rings (SSSR count). The zero-order valence-corrected chi connectivity index (χ0v) is 35.1. The molecule has 0 aromatic heterocycles. The van der Waals surface area contributed by atoms with Crippen molar-refractivity contribution >= 4 is 35.6 Å². The topological polar surface area (TPSA) is 221 Å². The summed E-state index contributed by atoms with van der Waals surface area (Å²) in [5.74, 6) is -6.64. The number of hydrogen-bond donors (Lipinski definition) is 4. The molecular formula is C45H55NO14. The Bertz CT molecular complexity index is 2050. The molecule has 15 nitrogen and oxygen atoms in total. The summed E-state index contributed by atoms with van der Waals surface area (Å²) in [6.45, 7) is 11.7. The van der Waals surface area contributed by atoms with Crippen molar-refractivity contribution in [2.45, 2.75) is 129 Å². The number of carbonyl (C=O) groups is 6. The lowest BCUT2D eigenvalue weighted by molar-refractivity contribution is -0.346. The minimum atomic E-state index is -2.37. The van der Waals surface area contributed by atoms with E-state index in [1.807, 2.05) is 13.8 Å². The van der Waals surface area contributed by atoms with E-state index in [0.717, 1.165) is 13.8 Å². The van der Waals surface area contributed by atoms with Crippen molar-refractivity contribution in [2.24, 2.45) is 22.7 Å². The van der Waals surface area contributed by atoms with Crippen LogP contribution in [0, 0.1) is 22.7 Å². The van der Waals surface area contributed by atoms with Crippen LogP contribution >= 0.6 is 0 Å². The highest BCUT2D eigenvalue weighted by Crippen LogP contribution is 2.64. The summed E-state index contributed by atoms with van der Waals surface area (Å²) in [6.07, 6.45) is -10.3. The fourth-order valence-corrected chi connectivity index (χ4v) is 9.97. The third-order valence-corrected chi connectivity index (χ3v) is 13.1. The molecule has 11 atom stereocenters. The minimum absolute atomic E-state index is 0.00902. The lowest BCUT2D eigenvalue weighted by Gasteiger charge is -2.67. The number of aliphatic hydroxyl groups excluding tert-OH is 2. The van der Waals surface area contributed by atoms with Crippen LogP contribution in [0.3, 0.4) is 0 Å². The second kappa shape index (κ2) is 16.5. The first-order valence-corrected chi connectivity index (χ1v) is 20.2. The van der Waals surface area contributed by atoms with Gasteiger partial charge >= 0.3 is 23.9 Å². The van der Waals surface area contributed by atoms with Crippen LogP contribution in [0.25, 0.3) is 0 Å². The summed E-state index contributed by atoms with van der Waals surface area (Å²) < 4.78 is 30.2. The fourth-order valence-electron chi connectivity index (χ4n) is 9.97. The Morgan fingerprint density at radius 3 is 2.08 bits per heavy atom. The number of ether oxygens (including phenoxy) is 5. The van der Waals surface area contributed by atoms with Crippen LogP contribution < -0.4 is 5.32 Å². The number of Topliss-reactive ketones (excluding diaryl/α,β-unsaturated/α-hetero) is 1. The second-order valence-corrected chi connectivity index (χ2v) is 17.7. The average Bonchev–Trinajstić information content (AvgIpc) is 3.17. The second-order valence-electron chi connectivity index (χ2n) is 17.7. The molecule has 1 amide bonds. The maximum atomic E-state index is 15.4. The molecule has 3 fully saturated rings. The number of rotatable bonds is 11. The van der Waals surface area contributed by atoms with Crippen molar-refractivity contribution in [2.75, 3.05) is 6.61 Å². The fraction of sp³-hybridized carbons (Fsp3) is 0.556. The molecular weight excluding hydrogens is 778 g/mol. The monoisotopic (exact) mass is 833 g/mol. The summed E-state index contributed by atoms with van der Waals surface area (Å²) in [7, 11) is 0. The molecule has 4 N–H and O–H groups in total. The third kappa shape index (κ3) is 7.54. The van der Waals surface area contributed by atoms with E-state index in [1.165, 1.54) is 26.0 Å². The van der Waals surface area contributed by atoms with Crippen molar-refractivity contribution in [3.05, 3.63) is 82.9 Å². The van der Waals surface area contributed by atoms with Gasteiger partial charge in [-0.25, -0.2) is 9.59 Å². The van der Waals surface area contributed by atoms with Gasteiger partial charge in [-0.2, -0.15) is 0 Å². The summed E-state index contributed by atoms with van der Waals surface area (Å²) in [5, 5.41) is 40.1. The first kappa shape index (κ1) is 44.6. The Hall–Kier alpha value is -4.96. The highest BCUT2D eigenvalue weighted by Gasteiger charge is 2.78. The first-order chi connectivity index (χ1) is 28.1.